The second-order valence-corrected chi connectivity index (χ2v) is 3.63. The van der Waals surface area contributed by atoms with Crippen molar-refractivity contribution in [1.82, 2.24) is 4.90 Å². The Labute approximate surface area is 96.0 Å². The number of rotatable bonds is 4. The Bertz CT molecular complexity index is 362. The fraction of sp³-hybridized carbons (Fsp3) is 0.250. The molecule has 0 unspecified atom stereocenters. The highest BCUT2D eigenvalue weighted by molar-refractivity contribution is 7.80. The van der Waals surface area contributed by atoms with Gasteiger partial charge < -0.3 is 4.90 Å². The Balaban J connectivity index is 2.92. The minimum Gasteiger partial charge on any atom is -0.335 e. The van der Waals surface area contributed by atoms with Gasteiger partial charge in [0.05, 0.1) is 5.56 Å². The van der Waals surface area contributed by atoms with Crippen LogP contribution in [0.15, 0.2) is 41.8 Å². The summed E-state index contributed by atoms with van der Waals surface area (Å²) in [6, 6.07) is 7.31. The summed E-state index contributed by atoms with van der Waals surface area (Å²) >= 11 is 4.27. The molecule has 0 N–H and O–H groups in total. The number of benzene rings is 1. The second kappa shape index (κ2) is 5.61. The third kappa shape index (κ3) is 2.86. The highest BCUT2D eigenvalue weighted by Crippen LogP contribution is 2.15. The minimum absolute atomic E-state index is 0.00278. The highest BCUT2D eigenvalue weighted by Gasteiger charge is 2.14. The average Bonchev–Trinajstić information content (AvgIpc) is 2.25. The fourth-order valence-corrected chi connectivity index (χ4v) is 1.59. The molecule has 0 saturated carbocycles. The van der Waals surface area contributed by atoms with Gasteiger partial charge in [0, 0.05) is 18.0 Å². The van der Waals surface area contributed by atoms with E-state index in [0.717, 1.165) is 0 Å². The van der Waals surface area contributed by atoms with Crippen LogP contribution >= 0.6 is 12.6 Å². The molecular weight excluding hydrogens is 206 g/mol. The smallest absolute Gasteiger partial charge is 0.255 e. The van der Waals surface area contributed by atoms with E-state index in [1.54, 1.807) is 17.0 Å². The maximum atomic E-state index is 12.0. The molecule has 0 atom stereocenters. The van der Waals surface area contributed by atoms with Crippen LogP contribution in [-0.4, -0.2) is 23.9 Å². The van der Waals surface area contributed by atoms with Crippen molar-refractivity contribution in [3.8, 4) is 0 Å². The van der Waals surface area contributed by atoms with Gasteiger partial charge in [0.2, 0.25) is 0 Å². The molecule has 0 heterocycles. The zero-order chi connectivity index (χ0) is 11.3. The summed E-state index contributed by atoms with van der Waals surface area (Å²) in [4.78, 5) is 14.5. The van der Waals surface area contributed by atoms with Crippen molar-refractivity contribution < 1.29 is 4.79 Å². The molecule has 0 bridgehead atoms. The normalized spacial score (nSPS) is 9.73. The van der Waals surface area contributed by atoms with Crippen LogP contribution in [0.25, 0.3) is 0 Å². The predicted molar refractivity (Wildman–Crippen MR) is 65.5 cm³/mol. The predicted octanol–water partition coefficient (Wildman–Crippen LogP) is 2.62. The Morgan fingerprint density at radius 3 is 2.73 bits per heavy atom. The van der Waals surface area contributed by atoms with E-state index in [4.69, 9.17) is 0 Å². The van der Waals surface area contributed by atoms with E-state index in [1.807, 2.05) is 25.1 Å². The third-order valence-electron chi connectivity index (χ3n) is 2.15. The minimum atomic E-state index is 0.00278. The summed E-state index contributed by atoms with van der Waals surface area (Å²) in [5, 5.41) is 0. The fourth-order valence-electron chi connectivity index (χ4n) is 1.34. The van der Waals surface area contributed by atoms with Crippen LogP contribution in [0.2, 0.25) is 0 Å². The lowest BCUT2D eigenvalue weighted by atomic mass is 10.2. The molecule has 0 saturated heterocycles. The van der Waals surface area contributed by atoms with Crippen molar-refractivity contribution >= 4 is 18.5 Å². The number of thiol groups is 1. The monoisotopic (exact) mass is 221 g/mol. The van der Waals surface area contributed by atoms with Crippen molar-refractivity contribution in [2.45, 2.75) is 11.8 Å². The van der Waals surface area contributed by atoms with E-state index >= 15 is 0 Å². The molecule has 1 aromatic rings. The van der Waals surface area contributed by atoms with Gasteiger partial charge >= 0.3 is 0 Å². The van der Waals surface area contributed by atoms with Crippen LogP contribution in [-0.2, 0) is 0 Å². The number of hydrogen-bond donors (Lipinski definition) is 1. The number of amides is 1. The molecule has 0 aliphatic heterocycles. The lowest BCUT2D eigenvalue weighted by Gasteiger charge is -2.19. The second-order valence-electron chi connectivity index (χ2n) is 3.15. The summed E-state index contributed by atoms with van der Waals surface area (Å²) in [5.41, 5.74) is 0.643. The first kappa shape index (κ1) is 11.9. The Morgan fingerprint density at radius 2 is 2.20 bits per heavy atom. The average molecular weight is 221 g/mol. The molecule has 1 aromatic carbocycles. The number of carbonyl (C=O) groups is 1. The van der Waals surface area contributed by atoms with Gasteiger partial charge in [0.15, 0.2) is 0 Å². The summed E-state index contributed by atoms with van der Waals surface area (Å²) in [5.74, 6) is 0.00278. The first-order valence-electron chi connectivity index (χ1n) is 4.88. The maximum absolute atomic E-state index is 12.0. The summed E-state index contributed by atoms with van der Waals surface area (Å²) < 4.78 is 0. The van der Waals surface area contributed by atoms with Crippen molar-refractivity contribution in [2.75, 3.05) is 13.1 Å². The first-order valence-corrected chi connectivity index (χ1v) is 5.33. The van der Waals surface area contributed by atoms with E-state index in [2.05, 4.69) is 19.2 Å². The summed E-state index contributed by atoms with van der Waals surface area (Å²) in [6.07, 6.45) is 1.72. The van der Waals surface area contributed by atoms with E-state index in [-0.39, 0.29) is 5.91 Å². The van der Waals surface area contributed by atoms with Crippen molar-refractivity contribution in [3.05, 3.63) is 42.5 Å². The highest BCUT2D eigenvalue weighted by atomic mass is 32.1. The maximum Gasteiger partial charge on any atom is 0.255 e. The van der Waals surface area contributed by atoms with Crippen LogP contribution < -0.4 is 0 Å². The molecule has 1 rings (SSSR count). The number of hydrogen-bond acceptors (Lipinski definition) is 2. The van der Waals surface area contributed by atoms with E-state index < -0.39 is 0 Å². The standard InChI is InChI=1S/C12H15NOS/c1-3-9-13(4-2)12(14)10-7-5-6-8-11(10)15/h3,5-8,15H,1,4,9H2,2H3. The molecule has 0 fully saturated rings. The van der Waals surface area contributed by atoms with Gasteiger partial charge in [-0.25, -0.2) is 0 Å². The molecule has 1 amide bonds. The van der Waals surface area contributed by atoms with Crippen molar-refractivity contribution in [1.29, 1.82) is 0 Å². The summed E-state index contributed by atoms with van der Waals surface area (Å²) in [7, 11) is 0. The van der Waals surface area contributed by atoms with Gasteiger partial charge in [-0.15, -0.1) is 19.2 Å². The molecular formula is C12H15NOS. The number of carbonyl (C=O) groups excluding carboxylic acids is 1. The van der Waals surface area contributed by atoms with Crippen LogP contribution in [0, 0.1) is 0 Å². The molecule has 0 aromatic heterocycles. The molecule has 2 nitrogen and oxygen atoms in total. The third-order valence-corrected chi connectivity index (χ3v) is 2.54. The van der Waals surface area contributed by atoms with E-state index in [9.17, 15) is 4.79 Å². The molecule has 0 radical (unpaired) electrons. The van der Waals surface area contributed by atoms with Crippen LogP contribution in [0.1, 0.15) is 17.3 Å². The lowest BCUT2D eigenvalue weighted by molar-refractivity contribution is 0.0779. The zero-order valence-corrected chi connectivity index (χ0v) is 9.71. The Morgan fingerprint density at radius 1 is 1.53 bits per heavy atom. The molecule has 3 heteroatoms. The van der Waals surface area contributed by atoms with Gasteiger partial charge in [-0.2, -0.15) is 0 Å². The van der Waals surface area contributed by atoms with Crippen LogP contribution in [0.4, 0.5) is 0 Å². The number of likely N-dealkylation sites (N-methyl/N-ethyl adjacent to an activating group) is 1. The zero-order valence-electron chi connectivity index (χ0n) is 8.81. The first-order chi connectivity index (χ1) is 7.20. The van der Waals surface area contributed by atoms with Gasteiger partial charge in [0.25, 0.3) is 5.91 Å². The molecule has 15 heavy (non-hydrogen) atoms. The molecule has 0 aliphatic carbocycles. The largest absolute Gasteiger partial charge is 0.335 e. The van der Waals surface area contributed by atoms with E-state index in [0.29, 0.717) is 23.5 Å². The SMILES string of the molecule is C=CCN(CC)C(=O)c1ccccc1S. The van der Waals surface area contributed by atoms with Crippen LogP contribution in [0.5, 0.6) is 0 Å². The van der Waals surface area contributed by atoms with Gasteiger partial charge in [-0.05, 0) is 19.1 Å². The molecule has 0 aliphatic rings. The lowest BCUT2D eigenvalue weighted by Crippen LogP contribution is -2.31. The van der Waals surface area contributed by atoms with Crippen LogP contribution in [0.3, 0.4) is 0 Å². The summed E-state index contributed by atoms with van der Waals surface area (Å²) in [6.45, 7) is 6.82. The van der Waals surface area contributed by atoms with Gasteiger partial charge in [0.1, 0.15) is 0 Å². The number of nitrogens with zero attached hydrogens (tertiary/aromatic N) is 1. The molecule has 80 valence electrons. The topological polar surface area (TPSA) is 20.3 Å². The van der Waals surface area contributed by atoms with Gasteiger partial charge in [-0.3, -0.25) is 4.79 Å². The Kier molecular flexibility index (Phi) is 4.43. The van der Waals surface area contributed by atoms with E-state index in [1.165, 1.54) is 0 Å². The van der Waals surface area contributed by atoms with Gasteiger partial charge in [-0.1, -0.05) is 18.2 Å². The molecule has 0 spiro atoms. The quantitative estimate of drug-likeness (QED) is 0.612. The Hall–Kier alpha value is -1.22. The van der Waals surface area contributed by atoms with Crippen molar-refractivity contribution in [2.24, 2.45) is 0 Å². The van der Waals surface area contributed by atoms with Crippen molar-refractivity contribution in [3.63, 3.8) is 0 Å².